The van der Waals surface area contributed by atoms with Crippen molar-refractivity contribution in [2.75, 3.05) is 12.4 Å². The van der Waals surface area contributed by atoms with Crippen molar-refractivity contribution in [2.24, 2.45) is 5.92 Å². The largest absolute Gasteiger partial charge is 0.504 e. The Bertz CT molecular complexity index is 975. The highest BCUT2D eigenvalue weighted by Crippen LogP contribution is 2.51. The molecular weight excluding hydrogens is 364 g/mol. The van der Waals surface area contributed by atoms with Gasteiger partial charge in [0.25, 0.3) is 5.91 Å². The molecule has 152 valence electrons. The molecule has 2 aliphatic rings. The van der Waals surface area contributed by atoms with Crippen LogP contribution in [0.15, 0.2) is 48.6 Å². The first kappa shape index (κ1) is 19.4. The lowest BCUT2D eigenvalue weighted by molar-refractivity contribution is 0.0920. The molecule has 4 rings (SSSR count). The number of amides is 1. The Morgan fingerprint density at radius 3 is 2.72 bits per heavy atom. The van der Waals surface area contributed by atoms with Crippen LogP contribution in [0, 0.1) is 5.92 Å². The Hall–Kier alpha value is -2.95. The monoisotopic (exact) mass is 392 g/mol. The number of benzene rings is 2. The van der Waals surface area contributed by atoms with Crippen LogP contribution in [-0.4, -0.2) is 23.7 Å². The third kappa shape index (κ3) is 3.57. The first-order chi connectivity index (χ1) is 13.8. The summed E-state index contributed by atoms with van der Waals surface area (Å²) in [5.74, 6) is 1.06. The average molecular weight is 392 g/mol. The molecule has 29 heavy (non-hydrogen) atoms. The van der Waals surface area contributed by atoms with E-state index in [0.717, 1.165) is 23.2 Å². The van der Waals surface area contributed by atoms with Gasteiger partial charge in [0, 0.05) is 11.5 Å². The van der Waals surface area contributed by atoms with Crippen LogP contribution in [0.25, 0.3) is 0 Å². The van der Waals surface area contributed by atoms with E-state index in [0.29, 0.717) is 17.2 Å². The number of allylic oxidation sites excluding steroid dienone is 2. The van der Waals surface area contributed by atoms with E-state index in [4.69, 9.17) is 4.74 Å². The maximum absolute atomic E-state index is 13.0. The predicted molar refractivity (Wildman–Crippen MR) is 115 cm³/mol. The van der Waals surface area contributed by atoms with Crippen molar-refractivity contribution in [3.63, 3.8) is 0 Å². The molecule has 1 aliphatic heterocycles. The molecule has 0 spiro atoms. The van der Waals surface area contributed by atoms with Crippen molar-refractivity contribution in [1.29, 1.82) is 0 Å². The zero-order chi connectivity index (χ0) is 20.8. The van der Waals surface area contributed by atoms with E-state index in [1.165, 1.54) is 0 Å². The van der Waals surface area contributed by atoms with E-state index in [2.05, 4.69) is 28.9 Å². The van der Waals surface area contributed by atoms with Gasteiger partial charge in [-0.15, -0.1) is 0 Å². The van der Waals surface area contributed by atoms with Crippen molar-refractivity contribution < 1.29 is 14.6 Å². The summed E-state index contributed by atoms with van der Waals surface area (Å²) in [5.41, 5.74) is 3.35. The molecule has 3 atom stereocenters. The number of rotatable bonds is 3. The van der Waals surface area contributed by atoms with Crippen molar-refractivity contribution in [1.82, 2.24) is 5.32 Å². The van der Waals surface area contributed by atoms with Crippen LogP contribution in [0.5, 0.6) is 11.5 Å². The zero-order valence-corrected chi connectivity index (χ0v) is 17.3. The van der Waals surface area contributed by atoms with Crippen LogP contribution in [-0.2, 0) is 0 Å². The van der Waals surface area contributed by atoms with E-state index >= 15 is 0 Å². The number of phenols is 1. The molecule has 0 aromatic heterocycles. The van der Waals surface area contributed by atoms with Gasteiger partial charge in [-0.05, 0) is 62.4 Å². The first-order valence-electron chi connectivity index (χ1n) is 10.0. The highest BCUT2D eigenvalue weighted by atomic mass is 16.5. The highest BCUT2D eigenvalue weighted by Gasteiger charge is 2.39. The topological polar surface area (TPSA) is 70.6 Å². The Labute approximate surface area is 171 Å². The third-order valence-electron chi connectivity index (χ3n) is 5.69. The molecule has 0 saturated heterocycles. The minimum atomic E-state index is -0.314. The Balaban J connectivity index is 1.76. The lowest BCUT2D eigenvalue weighted by Crippen LogP contribution is -2.41. The molecular formula is C24H28N2O3. The minimum absolute atomic E-state index is 0.0112. The average Bonchev–Trinajstić information content (AvgIpc) is 3.15. The Morgan fingerprint density at radius 1 is 1.24 bits per heavy atom. The van der Waals surface area contributed by atoms with Gasteiger partial charge in [0.15, 0.2) is 11.5 Å². The van der Waals surface area contributed by atoms with Gasteiger partial charge in [-0.1, -0.05) is 30.4 Å². The highest BCUT2D eigenvalue weighted by molar-refractivity contribution is 6.01. The summed E-state index contributed by atoms with van der Waals surface area (Å²) in [7, 11) is 1.54. The fraction of sp³-hybridized carbons (Fsp3) is 0.375. The smallest absolute Gasteiger partial charge is 0.253 e. The van der Waals surface area contributed by atoms with Crippen molar-refractivity contribution in [3.05, 3.63) is 65.2 Å². The molecule has 2 aromatic rings. The number of fused-ring (bicyclic) bond motifs is 3. The van der Waals surface area contributed by atoms with Crippen molar-refractivity contribution in [3.8, 4) is 11.5 Å². The fourth-order valence-electron chi connectivity index (χ4n) is 4.45. The van der Waals surface area contributed by atoms with Crippen LogP contribution >= 0.6 is 0 Å². The number of carbonyl (C=O) groups is 1. The molecule has 1 heterocycles. The summed E-state index contributed by atoms with van der Waals surface area (Å²) in [6, 6.07) is 11.4. The van der Waals surface area contributed by atoms with Gasteiger partial charge in [0.1, 0.15) is 0 Å². The molecule has 5 heteroatoms. The molecule has 0 radical (unpaired) electrons. The molecule has 0 bridgehead atoms. The molecule has 0 saturated carbocycles. The zero-order valence-electron chi connectivity index (χ0n) is 17.3. The van der Waals surface area contributed by atoms with Crippen LogP contribution in [0.1, 0.15) is 60.6 Å². The Morgan fingerprint density at radius 2 is 2.03 bits per heavy atom. The van der Waals surface area contributed by atoms with E-state index in [1.807, 2.05) is 39.0 Å². The summed E-state index contributed by atoms with van der Waals surface area (Å²) < 4.78 is 5.19. The number of hydrogen-bond acceptors (Lipinski definition) is 4. The molecule has 3 unspecified atom stereocenters. The van der Waals surface area contributed by atoms with Gasteiger partial charge in [-0.3, -0.25) is 4.79 Å². The summed E-state index contributed by atoms with van der Waals surface area (Å²) in [4.78, 5) is 13.0. The molecule has 5 nitrogen and oxygen atoms in total. The molecule has 3 N–H and O–H groups in total. The lowest BCUT2D eigenvalue weighted by Gasteiger charge is -2.38. The second-order valence-corrected chi connectivity index (χ2v) is 8.88. The van der Waals surface area contributed by atoms with E-state index in [1.54, 1.807) is 19.2 Å². The lowest BCUT2D eigenvalue weighted by atomic mass is 9.76. The van der Waals surface area contributed by atoms with Crippen molar-refractivity contribution >= 4 is 11.6 Å². The SMILES string of the molecule is COc1ccc(C2Nc3c(C(=O)NC(C)(C)C)cccc3C3C=CCC32)cc1O. The molecule has 0 fully saturated rings. The minimum Gasteiger partial charge on any atom is -0.504 e. The van der Waals surface area contributed by atoms with Crippen LogP contribution in [0.3, 0.4) is 0 Å². The normalized spacial score (nSPS) is 22.4. The first-order valence-corrected chi connectivity index (χ1v) is 10.0. The number of hydrogen-bond donors (Lipinski definition) is 3. The molecule has 1 aliphatic carbocycles. The molecule has 1 amide bonds. The van der Waals surface area contributed by atoms with E-state index in [9.17, 15) is 9.90 Å². The quantitative estimate of drug-likeness (QED) is 0.659. The summed E-state index contributed by atoms with van der Waals surface area (Å²) >= 11 is 0. The number of nitrogens with one attached hydrogen (secondary N) is 2. The standard InChI is InChI=1S/C24H28N2O3/c1-24(2,3)26-23(28)18-10-6-9-17-15-7-5-8-16(15)21(25-22(17)18)14-11-12-20(29-4)19(27)13-14/h5-7,9-13,15-16,21,25,27H,8H2,1-4H3,(H,26,28). The third-order valence-corrected chi connectivity index (χ3v) is 5.69. The van der Waals surface area contributed by atoms with E-state index in [-0.39, 0.29) is 29.2 Å². The second-order valence-electron chi connectivity index (χ2n) is 8.88. The van der Waals surface area contributed by atoms with E-state index < -0.39 is 0 Å². The number of phenolic OH excluding ortho intramolecular Hbond substituents is 1. The van der Waals surface area contributed by atoms with Gasteiger partial charge in [-0.25, -0.2) is 0 Å². The fourth-order valence-corrected chi connectivity index (χ4v) is 4.45. The molecule has 2 aromatic carbocycles. The second kappa shape index (κ2) is 7.14. The number of aromatic hydroxyl groups is 1. The maximum atomic E-state index is 13.0. The number of para-hydroxylation sites is 1. The number of ether oxygens (including phenoxy) is 1. The van der Waals surface area contributed by atoms with Crippen molar-refractivity contribution in [2.45, 2.75) is 44.7 Å². The van der Waals surface area contributed by atoms with Crippen LogP contribution in [0.4, 0.5) is 5.69 Å². The predicted octanol–water partition coefficient (Wildman–Crippen LogP) is 4.76. The number of carbonyl (C=O) groups excluding carboxylic acids is 1. The Kier molecular flexibility index (Phi) is 4.77. The van der Waals surface area contributed by atoms with Gasteiger partial charge in [-0.2, -0.15) is 0 Å². The summed E-state index contributed by atoms with van der Waals surface area (Å²) in [6.07, 6.45) is 5.41. The van der Waals surface area contributed by atoms with Gasteiger partial charge >= 0.3 is 0 Å². The van der Waals surface area contributed by atoms with Gasteiger partial charge < -0.3 is 20.5 Å². The number of methoxy groups -OCH3 is 1. The number of anilines is 1. The maximum Gasteiger partial charge on any atom is 0.253 e. The van der Waals surface area contributed by atoms with Gasteiger partial charge in [0.05, 0.1) is 24.4 Å². The van der Waals surface area contributed by atoms with Gasteiger partial charge in [0.2, 0.25) is 0 Å². The van der Waals surface area contributed by atoms with Crippen LogP contribution < -0.4 is 15.4 Å². The summed E-state index contributed by atoms with van der Waals surface area (Å²) in [5, 5.41) is 17.0. The van der Waals surface area contributed by atoms with Crippen LogP contribution in [0.2, 0.25) is 0 Å². The summed E-state index contributed by atoms with van der Waals surface area (Å²) in [6.45, 7) is 5.94.